The minimum Gasteiger partial charge on any atom is -0.393 e. The van der Waals surface area contributed by atoms with Crippen LogP contribution in [0.4, 0.5) is 5.95 Å². The summed E-state index contributed by atoms with van der Waals surface area (Å²) in [5.41, 5.74) is 5.87. The normalized spacial score (nSPS) is 18.7. The highest BCUT2D eigenvalue weighted by Crippen LogP contribution is 2.22. The molecule has 0 spiro atoms. The Hall–Kier alpha value is -1.69. The number of hydrogen-bond donors (Lipinski definition) is 3. The molecule has 1 aromatic rings. The van der Waals surface area contributed by atoms with Gasteiger partial charge in [-0.1, -0.05) is 0 Å². The first-order valence-electron chi connectivity index (χ1n) is 6.18. The fraction of sp³-hybridized carbons (Fsp3) is 0.583. The van der Waals surface area contributed by atoms with Gasteiger partial charge in [0.2, 0.25) is 5.95 Å². The molecule has 1 aliphatic heterocycles. The maximum absolute atomic E-state index is 9.56. The van der Waals surface area contributed by atoms with Gasteiger partial charge < -0.3 is 15.7 Å². The Morgan fingerprint density at radius 2 is 2.22 bits per heavy atom. The van der Waals surface area contributed by atoms with E-state index in [0.29, 0.717) is 17.6 Å². The van der Waals surface area contributed by atoms with Gasteiger partial charge in [-0.15, -0.1) is 0 Å². The van der Waals surface area contributed by atoms with E-state index >= 15 is 0 Å². The van der Waals surface area contributed by atoms with Crippen LogP contribution in [0.3, 0.4) is 0 Å². The van der Waals surface area contributed by atoms with Crippen molar-refractivity contribution in [1.29, 1.82) is 5.41 Å². The molecule has 0 aromatic carbocycles. The van der Waals surface area contributed by atoms with E-state index in [1.165, 1.54) is 0 Å². The van der Waals surface area contributed by atoms with Crippen molar-refractivity contribution in [3.63, 3.8) is 0 Å². The Kier molecular flexibility index (Phi) is 3.76. The molecule has 18 heavy (non-hydrogen) atoms. The SMILES string of the molecule is CC(O)C1CCN(c2nccc(C(=N)N)n2)CC1. The summed E-state index contributed by atoms with van der Waals surface area (Å²) in [6.07, 6.45) is 3.24. The quantitative estimate of drug-likeness (QED) is 0.530. The number of amidine groups is 1. The van der Waals surface area contributed by atoms with Gasteiger partial charge in [0.25, 0.3) is 0 Å². The van der Waals surface area contributed by atoms with E-state index < -0.39 is 0 Å². The number of anilines is 1. The molecule has 0 radical (unpaired) electrons. The average Bonchev–Trinajstić information content (AvgIpc) is 2.39. The van der Waals surface area contributed by atoms with Gasteiger partial charge in [-0.05, 0) is 31.7 Å². The second-order valence-corrected chi connectivity index (χ2v) is 4.72. The van der Waals surface area contributed by atoms with Crippen LogP contribution in [0.2, 0.25) is 0 Å². The van der Waals surface area contributed by atoms with Crippen LogP contribution in [0.15, 0.2) is 12.3 Å². The number of piperidine rings is 1. The molecule has 2 heterocycles. The summed E-state index contributed by atoms with van der Waals surface area (Å²) in [4.78, 5) is 10.6. The molecule has 1 aromatic heterocycles. The predicted octanol–water partition coefficient (Wildman–Crippen LogP) is 0.358. The first kappa shape index (κ1) is 12.8. The molecule has 0 saturated carbocycles. The Bertz CT molecular complexity index is 426. The van der Waals surface area contributed by atoms with Gasteiger partial charge in [0.15, 0.2) is 0 Å². The summed E-state index contributed by atoms with van der Waals surface area (Å²) in [7, 11) is 0. The zero-order valence-corrected chi connectivity index (χ0v) is 10.5. The van der Waals surface area contributed by atoms with Crippen molar-refractivity contribution in [2.45, 2.75) is 25.9 Å². The molecule has 2 rings (SSSR count). The van der Waals surface area contributed by atoms with Crippen molar-refractivity contribution in [2.75, 3.05) is 18.0 Å². The number of nitrogens with two attached hydrogens (primary N) is 1. The molecular weight excluding hydrogens is 230 g/mol. The van der Waals surface area contributed by atoms with Crippen LogP contribution < -0.4 is 10.6 Å². The molecule has 0 aliphatic carbocycles. The second-order valence-electron chi connectivity index (χ2n) is 4.72. The molecule has 1 atom stereocenters. The van der Waals surface area contributed by atoms with Crippen LogP contribution in [0.5, 0.6) is 0 Å². The molecule has 0 bridgehead atoms. The minimum atomic E-state index is -0.253. The number of nitrogens with one attached hydrogen (secondary N) is 1. The average molecular weight is 249 g/mol. The second kappa shape index (κ2) is 5.30. The fourth-order valence-electron chi connectivity index (χ4n) is 2.23. The van der Waals surface area contributed by atoms with Crippen LogP contribution >= 0.6 is 0 Å². The van der Waals surface area contributed by atoms with Crippen LogP contribution in [-0.2, 0) is 0 Å². The number of nitrogen functional groups attached to an aromatic ring is 1. The predicted molar refractivity (Wildman–Crippen MR) is 69.7 cm³/mol. The van der Waals surface area contributed by atoms with E-state index in [0.717, 1.165) is 25.9 Å². The van der Waals surface area contributed by atoms with Crippen molar-refractivity contribution in [3.8, 4) is 0 Å². The van der Waals surface area contributed by atoms with E-state index in [2.05, 4.69) is 14.9 Å². The van der Waals surface area contributed by atoms with Gasteiger partial charge in [0, 0.05) is 19.3 Å². The van der Waals surface area contributed by atoms with Crippen molar-refractivity contribution < 1.29 is 5.11 Å². The van der Waals surface area contributed by atoms with Crippen LogP contribution in [0, 0.1) is 11.3 Å². The number of rotatable bonds is 3. The van der Waals surface area contributed by atoms with E-state index in [1.807, 2.05) is 6.92 Å². The lowest BCUT2D eigenvalue weighted by Crippen LogP contribution is -2.38. The first-order chi connectivity index (χ1) is 8.58. The molecule has 4 N–H and O–H groups in total. The van der Waals surface area contributed by atoms with E-state index in [4.69, 9.17) is 11.1 Å². The number of aliphatic hydroxyl groups excluding tert-OH is 1. The third kappa shape index (κ3) is 2.76. The lowest BCUT2D eigenvalue weighted by atomic mass is 9.92. The van der Waals surface area contributed by atoms with Crippen LogP contribution in [-0.4, -0.2) is 40.1 Å². The van der Waals surface area contributed by atoms with Gasteiger partial charge in [0.05, 0.1) is 6.10 Å². The maximum atomic E-state index is 9.56. The fourth-order valence-corrected chi connectivity index (χ4v) is 2.23. The molecule has 98 valence electrons. The Morgan fingerprint density at radius 1 is 1.56 bits per heavy atom. The molecule has 1 aliphatic rings. The third-order valence-corrected chi connectivity index (χ3v) is 3.42. The highest BCUT2D eigenvalue weighted by molar-refractivity contribution is 5.93. The van der Waals surface area contributed by atoms with Gasteiger partial charge in [-0.25, -0.2) is 9.97 Å². The monoisotopic (exact) mass is 249 g/mol. The van der Waals surface area contributed by atoms with Crippen molar-refractivity contribution in [3.05, 3.63) is 18.0 Å². The number of nitrogens with zero attached hydrogens (tertiary/aromatic N) is 3. The summed E-state index contributed by atoms with van der Waals surface area (Å²) in [6.45, 7) is 3.50. The van der Waals surface area contributed by atoms with Gasteiger partial charge in [-0.2, -0.15) is 0 Å². The highest BCUT2D eigenvalue weighted by Gasteiger charge is 2.24. The molecule has 0 amide bonds. The van der Waals surface area contributed by atoms with E-state index in [-0.39, 0.29) is 11.9 Å². The maximum Gasteiger partial charge on any atom is 0.225 e. The number of aromatic nitrogens is 2. The first-order valence-corrected chi connectivity index (χ1v) is 6.18. The van der Waals surface area contributed by atoms with Crippen molar-refractivity contribution >= 4 is 11.8 Å². The molecule has 1 saturated heterocycles. The number of aliphatic hydroxyl groups is 1. The zero-order valence-electron chi connectivity index (χ0n) is 10.5. The smallest absolute Gasteiger partial charge is 0.225 e. The largest absolute Gasteiger partial charge is 0.393 e. The van der Waals surface area contributed by atoms with Gasteiger partial charge >= 0.3 is 0 Å². The summed E-state index contributed by atoms with van der Waals surface area (Å²) in [5.74, 6) is 0.932. The standard InChI is InChI=1S/C12H19N5O/c1-8(18)9-3-6-17(7-4-9)12-15-5-2-10(16-12)11(13)14/h2,5,8-9,18H,3-4,6-7H2,1H3,(H3,13,14). The Morgan fingerprint density at radius 3 is 2.78 bits per heavy atom. The number of hydrogen-bond acceptors (Lipinski definition) is 5. The van der Waals surface area contributed by atoms with Crippen molar-refractivity contribution in [2.24, 2.45) is 11.7 Å². The molecule has 6 heteroatoms. The summed E-state index contributed by atoms with van der Waals surface area (Å²) < 4.78 is 0. The molecule has 6 nitrogen and oxygen atoms in total. The van der Waals surface area contributed by atoms with Crippen molar-refractivity contribution in [1.82, 2.24) is 9.97 Å². The third-order valence-electron chi connectivity index (χ3n) is 3.42. The van der Waals surface area contributed by atoms with Gasteiger partial charge in [0.1, 0.15) is 11.5 Å². The highest BCUT2D eigenvalue weighted by atomic mass is 16.3. The van der Waals surface area contributed by atoms with E-state index in [9.17, 15) is 5.11 Å². The van der Waals surface area contributed by atoms with E-state index in [1.54, 1.807) is 12.3 Å². The van der Waals surface area contributed by atoms with Crippen LogP contribution in [0.25, 0.3) is 0 Å². The minimum absolute atomic E-state index is 0.0440. The molecular formula is C12H19N5O. The van der Waals surface area contributed by atoms with Crippen LogP contribution in [0.1, 0.15) is 25.5 Å². The van der Waals surface area contributed by atoms with Gasteiger partial charge in [-0.3, -0.25) is 5.41 Å². The summed E-state index contributed by atoms with van der Waals surface area (Å²) >= 11 is 0. The molecule has 1 fully saturated rings. The Balaban J connectivity index is 2.05. The Labute approximate surface area is 106 Å². The summed E-state index contributed by atoms with van der Waals surface area (Å²) in [5, 5.41) is 16.9. The summed E-state index contributed by atoms with van der Waals surface area (Å²) in [6, 6.07) is 1.63. The lowest BCUT2D eigenvalue weighted by molar-refractivity contribution is 0.109. The zero-order chi connectivity index (χ0) is 13.1. The topological polar surface area (TPSA) is 99.1 Å². The lowest BCUT2D eigenvalue weighted by Gasteiger charge is -2.33. The molecule has 1 unspecified atom stereocenters.